The summed E-state index contributed by atoms with van der Waals surface area (Å²) in [6, 6.07) is 3.21. The van der Waals surface area contributed by atoms with Gasteiger partial charge in [0.2, 0.25) is 0 Å². The molecule has 2 heterocycles. The minimum atomic E-state index is -4.58. The van der Waals surface area contributed by atoms with Gasteiger partial charge in [-0.25, -0.2) is 4.68 Å². The first kappa shape index (κ1) is 23.3. The second-order valence-electron chi connectivity index (χ2n) is 8.54. The predicted octanol–water partition coefficient (Wildman–Crippen LogP) is 3.46. The number of amides is 2. The van der Waals surface area contributed by atoms with E-state index in [1.807, 2.05) is 13.8 Å². The van der Waals surface area contributed by atoms with E-state index in [9.17, 15) is 27.9 Å². The zero-order chi connectivity index (χ0) is 23.9. The molecule has 0 spiro atoms. The normalized spacial score (nSPS) is 20.7. The largest absolute Gasteiger partial charge is 0.416 e. The predicted molar refractivity (Wildman–Crippen MR) is 115 cm³/mol. The topological polar surface area (TPSA) is 87.5 Å². The summed E-state index contributed by atoms with van der Waals surface area (Å²) in [7, 11) is 0. The van der Waals surface area contributed by atoms with Crippen molar-refractivity contribution in [1.29, 1.82) is 0 Å². The van der Waals surface area contributed by atoms with Gasteiger partial charge in [-0.15, -0.1) is 0 Å². The number of aliphatic hydroxyl groups excluding tert-OH is 1. The van der Waals surface area contributed by atoms with E-state index in [1.54, 1.807) is 9.58 Å². The minimum absolute atomic E-state index is 0.128. The van der Waals surface area contributed by atoms with Crippen molar-refractivity contribution >= 4 is 17.6 Å². The van der Waals surface area contributed by atoms with Crippen molar-refractivity contribution in [2.45, 2.75) is 64.4 Å². The van der Waals surface area contributed by atoms with Crippen molar-refractivity contribution in [2.75, 3.05) is 11.4 Å². The van der Waals surface area contributed by atoms with E-state index >= 15 is 0 Å². The first-order valence-electron chi connectivity index (χ1n) is 11.2. The third kappa shape index (κ3) is 4.23. The fourth-order valence-electron chi connectivity index (χ4n) is 4.70. The molecule has 0 unspecified atom stereocenters. The fourth-order valence-corrected chi connectivity index (χ4v) is 4.70. The van der Waals surface area contributed by atoms with E-state index in [4.69, 9.17) is 0 Å². The molecule has 1 aromatic heterocycles. The maximum atomic E-state index is 13.5. The molecule has 2 aromatic rings. The van der Waals surface area contributed by atoms with E-state index in [1.165, 1.54) is 12.1 Å². The smallest absolute Gasteiger partial charge is 0.390 e. The van der Waals surface area contributed by atoms with Crippen molar-refractivity contribution in [3.8, 4) is 0 Å². The highest BCUT2D eigenvalue weighted by Crippen LogP contribution is 2.51. The molecular formula is C23H27F3N4O3. The minimum Gasteiger partial charge on any atom is -0.390 e. The average Bonchev–Trinajstić information content (AvgIpc) is 3.56. The lowest BCUT2D eigenvalue weighted by molar-refractivity contribution is -0.137. The van der Waals surface area contributed by atoms with E-state index < -0.39 is 29.6 Å². The summed E-state index contributed by atoms with van der Waals surface area (Å²) >= 11 is 0. The molecule has 1 aliphatic heterocycles. The van der Waals surface area contributed by atoms with Gasteiger partial charge in [0.15, 0.2) is 0 Å². The van der Waals surface area contributed by atoms with Crippen LogP contribution in [-0.4, -0.2) is 39.3 Å². The number of halogens is 3. The van der Waals surface area contributed by atoms with Crippen LogP contribution in [-0.2, 0) is 24.1 Å². The van der Waals surface area contributed by atoms with Crippen LogP contribution in [0.1, 0.15) is 66.2 Å². The molecule has 2 N–H and O–H groups in total. The van der Waals surface area contributed by atoms with E-state index in [-0.39, 0.29) is 24.0 Å². The van der Waals surface area contributed by atoms with E-state index in [0.717, 1.165) is 37.0 Å². The summed E-state index contributed by atoms with van der Waals surface area (Å²) < 4.78 is 41.1. The zero-order valence-electron chi connectivity index (χ0n) is 18.5. The van der Waals surface area contributed by atoms with E-state index in [2.05, 4.69) is 10.4 Å². The highest BCUT2D eigenvalue weighted by Gasteiger charge is 2.50. The Morgan fingerprint density at radius 3 is 2.58 bits per heavy atom. The second kappa shape index (κ2) is 8.81. The summed E-state index contributed by atoms with van der Waals surface area (Å²) in [4.78, 5) is 28.1. The number of aromatic nitrogens is 2. The van der Waals surface area contributed by atoms with Crippen molar-refractivity contribution in [2.24, 2.45) is 5.92 Å². The number of anilines is 1. The van der Waals surface area contributed by atoms with Crippen LogP contribution in [0, 0.1) is 5.92 Å². The van der Waals surface area contributed by atoms with Gasteiger partial charge in [-0.2, -0.15) is 18.3 Å². The van der Waals surface area contributed by atoms with Gasteiger partial charge in [0, 0.05) is 30.1 Å². The molecule has 178 valence electrons. The van der Waals surface area contributed by atoms with Crippen LogP contribution in [0.5, 0.6) is 0 Å². The molecule has 2 amide bonds. The molecule has 0 bridgehead atoms. The van der Waals surface area contributed by atoms with Gasteiger partial charge in [0.05, 0.1) is 17.9 Å². The lowest BCUT2D eigenvalue weighted by Gasteiger charge is -2.38. The maximum absolute atomic E-state index is 13.5. The number of rotatable bonds is 7. The molecule has 1 aromatic carbocycles. The number of aliphatic hydroxyl groups is 1. The summed E-state index contributed by atoms with van der Waals surface area (Å²) in [5, 5.41) is 17.3. The average molecular weight is 464 g/mol. The highest BCUT2D eigenvalue weighted by molar-refractivity contribution is 6.05. The van der Waals surface area contributed by atoms with Crippen LogP contribution >= 0.6 is 0 Å². The quantitative estimate of drug-likeness (QED) is 0.657. The number of hydrogen-bond donors (Lipinski definition) is 2. The third-order valence-electron chi connectivity index (χ3n) is 6.29. The molecule has 7 nitrogen and oxygen atoms in total. The highest BCUT2D eigenvalue weighted by atomic mass is 19.4. The lowest BCUT2D eigenvalue weighted by atomic mass is 9.82. The Balaban J connectivity index is 1.74. The Kier molecular flexibility index (Phi) is 6.22. The number of benzene rings is 1. The molecule has 1 saturated carbocycles. The van der Waals surface area contributed by atoms with Crippen LogP contribution in [0.2, 0.25) is 0 Å². The van der Waals surface area contributed by atoms with Crippen molar-refractivity contribution in [3.63, 3.8) is 0 Å². The Labute approximate surface area is 189 Å². The Bertz CT molecular complexity index is 1060. The lowest BCUT2D eigenvalue weighted by Crippen LogP contribution is -2.55. The molecular weight excluding hydrogens is 437 g/mol. The Hall–Kier alpha value is -2.88. The second-order valence-corrected chi connectivity index (χ2v) is 8.54. The Morgan fingerprint density at radius 1 is 1.27 bits per heavy atom. The standard InChI is InChI=1S/C23H27F3N4O3/c1-3-10-30-21-18(16(12-31)28-30)17(13-8-9-13)19(22(33)29(21)4-2)27-20(32)14-6-5-7-15(11-14)23(24,25)26/h5-7,11,13,17,19,31H,3-4,8-10,12H2,1-2H3,(H,27,32)/t17-,19-/m1/s1. The molecule has 0 radical (unpaired) electrons. The van der Waals surface area contributed by atoms with Crippen LogP contribution in [0.3, 0.4) is 0 Å². The number of aryl methyl sites for hydroxylation is 1. The van der Waals surface area contributed by atoms with Crippen LogP contribution in [0.4, 0.5) is 19.0 Å². The number of carbonyl (C=O) groups is 2. The van der Waals surface area contributed by atoms with Crippen LogP contribution < -0.4 is 10.2 Å². The van der Waals surface area contributed by atoms with Crippen molar-refractivity contribution < 1.29 is 27.9 Å². The first-order chi connectivity index (χ1) is 15.7. The van der Waals surface area contributed by atoms with Gasteiger partial charge >= 0.3 is 6.18 Å². The van der Waals surface area contributed by atoms with Gasteiger partial charge in [-0.1, -0.05) is 13.0 Å². The van der Waals surface area contributed by atoms with Crippen LogP contribution in [0.25, 0.3) is 0 Å². The number of carbonyl (C=O) groups excluding carboxylic acids is 2. The summed E-state index contributed by atoms with van der Waals surface area (Å²) in [5.41, 5.74) is 0.138. The maximum Gasteiger partial charge on any atom is 0.416 e. The number of alkyl halides is 3. The fraction of sp³-hybridized carbons (Fsp3) is 0.522. The van der Waals surface area contributed by atoms with Crippen LogP contribution in [0.15, 0.2) is 24.3 Å². The molecule has 1 fully saturated rings. The van der Waals surface area contributed by atoms with Crippen molar-refractivity contribution in [1.82, 2.24) is 15.1 Å². The molecule has 1 aliphatic carbocycles. The number of hydrogen-bond acceptors (Lipinski definition) is 4. The summed E-state index contributed by atoms with van der Waals surface area (Å²) in [6.45, 7) is 4.41. The Morgan fingerprint density at radius 2 is 2.00 bits per heavy atom. The number of likely N-dealkylation sites (N-methyl/N-ethyl adjacent to an activating group) is 1. The van der Waals surface area contributed by atoms with Gasteiger partial charge in [-0.05, 0) is 50.3 Å². The van der Waals surface area contributed by atoms with Gasteiger partial charge in [-0.3, -0.25) is 14.5 Å². The SMILES string of the molecule is CCCn1nc(CO)c2c1N(CC)C(=O)[C@H](NC(=O)c1cccc(C(F)(F)F)c1)[C@@H]2C1CC1. The number of nitrogens with zero attached hydrogens (tertiary/aromatic N) is 3. The number of fused-ring (bicyclic) bond motifs is 1. The number of nitrogens with one attached hydrogen (secondary N) is 1. The van der Waals surface area contributed by atoms with Crippen molar-refractivity contribution in [3.05, 3.63) is 46.6 Å². The van der Waals surface area contributed by atoms with Gasteiger partial charge in [0.1, 0.15) is 11.9 Å². The molecule has 0 saturated heterocycles. The molecule has 4 rings (SSSR count). The molecule has 2 atom stereocenters. The van der Waals surface area contributed by atoms with E-state index in [0.29, 0.717) is 24.6 Å². The molecule has 2 aliphatic rings. The van der Waals surface area contributed by atoms with Gasteiger partial charge < -0.3 is 10.4 Å². The summed E-state index contributed by atoms with van der Waals surface area (Å²) in [5.74, 6) is -0.671. The molecule has 10 heteroatoms. The third-order valence-corrected chi connectivity index (χ3v) is 6.29. The summed E-state index contributed by atoms with van der Waals surface area (Å²) in [6.07, 6.45) is -2.06. The first-order valence-corrected chi connectivity index (χ1v) is 11.2. The zero-order valence-corrected chi connectivity index (χ0v) is 18.5. The monoisotopic (exact) mass is 464 g/mol. The van der Waals surface area contributed by atoms with Gasteiger partial charge in [0.25, 0.3) is 11.8 Å². The molecule has 33 heavy (non-hydrogen) atoms.